The second kappa shape index (κ2) is 6.43. The van der Waals surface area contributed by atoms with Crippen LogP contribution in [-0.2, 0) is 4.79 Å². The molecular weight excluding hydrogens is 286 g/mol. The molecule has 1 amide bonds. The Kier molecular flexibility index (Phi) is 4.38. The molecule has 6 nitrogen and oxygen atoms in total. The molecule has 2 aromatic rings. The molecule has 7 heteroatoms. The van der Waals surface area contributed by atoms with Crippen LogP contribution in [0.15, 0.2) is 23.6 Å². The van der Waals surface area contributed by atoms with Gasteiger partial charge in [0.25, 0.3) is 5.78 Å². The standard InChI is InChI=1S/C14H19N5OS/c1-10-5-2-3-6-11(10)16-12(20)9-21-14-17-13-15-7-4-8-19(13)18-14/h4,7-8,10-11H,2-3,5-6,9H2,1H3,(H,16,20)/t10-,11+/m1/s1. The second-order valence-corrected chi connectivity index (χ2v) is 6.43. The van der Waals surface area contributed by atoms with Crippen LogP contribution in [0.4, 0.5) is 0 Å². The van der Waals surface area contributed by atoms with E-state index in [2.05, 4.69) is 27.3 Å². The van der Waals surface area contributed by atoms with Crippen LogP contribution in [0.2, 0.25) is 0 Å². The summed E-state index contributed by atoms with van der Waals surface area (Å²) >= 11 is 1.35. The molecule has 0 aliphatic heterocycles. The van der Waals surface area contributed by atoms with E-state index in [4.69, 9.17) is 0 Å². The summed E-state index contributed by atoms with van der Waals surface area (Å²) < 4.78 is 1.61. The zero-order valence-corrected chi connectivity index (χ0v) is 12.8. The number of rotatable bonds is 4. The van der Waals surface area contributed by atoms with E-state index in [1.807, 2.05) is 0 Å². The molecule has 2 atom stereocenters. The van der Waals surface area contributed by atoms with E-state index < -0.39 is 0 Å². The van der Waals surface area contributed by atoms with Crippen LogP contribution >= 0.6 is 11.8 Å². The zero-order valence-electron chi connectivity index (χ0n) is 12.0. The Bertz CT molecular complexity index is 596. The fourth-order valence-electron chi connectivity index (χ4n) is 2.68. The van der Waals surface area contributed by atoms with Crippen molar-refractivity contribution >= 4 is 23.4 Å². The van der Waals surface area contributed by atoms with Gasteiger partial charge in [0, 0.05) is 18.4 Å². The van der Waals surface area contributed by atoms with E-state index in [1.54, 1.807) is 23.0 Å². The topological polar surface area (TPSA) is 72.2 Å². The maximum Gasteiger partial charge on any atom is 0.253 e. The van der Waals surface area contributed by atoms with Crippen molar-refractivity contribution < 1.29 is 4.79 Å². The summed E-state index contributed by atoms with van der Waals surface area (Å²) in [4.78, 5) is 20.4. The summed E-state index contributed by atoms with van der Waals surface area (Å²) in [5, 5.41) is 7.99. The highest BCUT2D eigenvalue weighted by molar-refractivity contribution is 7.99. The van der Waals surface area contributed by atoms with Crippen molar-refractivity contribution in [1.82, 2.24) is 24.9 Å². The molecule has 3 rings (SSSR count). The smallest absolute Gasteiger partial charge is 0.253 e. The maximum absolute atomic E-state index is 12.0. The van der Waals surface area contributed by atoms with Gasteiger partial charge in [-0.15, -0.1) is 5.10 Å². The van der Waals surface area contributed by atoms with E-state index in [0.29, 0.717) is 28.6 Å². The monoisotopic (exact) mass is 305 g/mol. The number of nitrogens with one attached hydrogen (secondary N) is 1. The molecule has 0 saturated heterocycles. The lowest BCUT2D eigenvalue weighted by Gasteiger charge is -2.29. The Hall–Kier alpha value is -1.63. The number of amides is 1. The number of carbonyl (C=O) groups excluding carboxylic acids is 1. The van der Waals surface area contributed by atoms with Crippen molar-refractivity contribution in [3.8, 4) is 0 Å². The summed E-state index contributed by atoms with van der Waals surface area (Å²) in [6.45, 7) is 2.21. The predicted octanol–water partition coefficient (Wildman–Crippen LogP) is 1.91. The third-order valence-corrected chi connectivity index (χ3v) is 4.73. The van der Waals surface area contributed by atoms with Gasteiger partial charge < -0.3 is 5.32 Å². The molecule has 112 valence electrons. The lowest BCUT2D eigenvalue weighted by atomic mass is 9.86. The molecule has 0 spiro atoms. The summed E-state index contributed by atoms with van der Waals surface area (Å²) in [5.41, 5.74) is 0. The van der Waals surface area contributed by atoms with Gasteiger partial charge in [0.15, 0.2) is 0 Å². The molecule has 2 heterocycles. The average Bonchev–Trinajstić information content (AvgIpc) is 2.90. The van der Waals surface area contributed by atoms with Gasteiger partial charge in [0.05, 0.1) is 5.75 Å². The molecular formula is C14H19N5OS. The Morgan fingerprint density at radius 2 is 2.33 bits per heavy atom. The van der Waals surface area contributed by atoms with Crippen LogP contribution in [0.1, 0.15) is 32.6 Å². The number of aromatic nitrogens is 4. The van der Waals surface area contributed by atoms with E-state index in [0.717, 1.165) is 6.42 Å². The Balaban J connectivity index is 1.53. The van der Waals surface area contributed by atoms with Gasteiger partial charge in [-0.1, -0.05) is 31.5 Å². The molecule has 0 aromatic carbocycles. The molecule has 0 radical (unpaired) electrons. The van der Waals surface area contributed by atoms with Crippen molar-refractivity contribution in [1.29, 1.82) is 0 Å². The number of thioether (sulfide) groups is 1. The van der Waals surface area contributed by atoms with Gasteiger partial charge in [-0.05, 0) is 24.8 Å². The molecule has 1 aliphatic rings. The highest BCUT2D eigenvalue weighted by Crippen LogP contribution is 2.24. The summed E-state index contributed by atoms with van der Waals surface area (Å²) in [7, 11) is 0. The molecule has 0 bridgehead atoms. The second-order valence-electron chi connectivity index (χ2n) is 5.48. The quantitative estimate of drug-likeness (QED) is 0.874. The average molecular weight is 305 g/mol. The van der Waals surface area contributed by atoms with Crippen molar-refractivity contribution in [2.45, 2.75) is 43.8 Å². The zero-order chi connectivity index (χ0) is 14.7. The summed E-state index contributed by atoms with van der Waals surface area (Å²) in [6, 6.07) is 2.12. The van der Waals surface area contributed by atoms with Gasteiger partial charge in [-0.3, -0.25) is 4.79 Å². The first kappa shape index (κ1) is 14.3. The predicted molar refractivity (Wildman–Crippen MR) is 81.1 cm³/mol. The van der Waals surface area contributed by atoms with E-state index >= 15 is 0 Å². The molecule has 21 heavy (non-hydrogen) atoms. The number of carbonyl (C=O) groups is 1. The Morgan fingerprint density at radius 3 is 3.14 bits per heavy atom. The van der Waals surface area contributed by atoms with E-state index in [1.165, 1.54) is 31.0 Å². The van der Waals surface area contributed by atoms with Crippen LogP contribution in [0.3, 0.4) is 0 Å². The maximum atomic E-state index is 12.0. The third kappa shape index (κ3) is 3.53. The minimum Gasteiger partial charge on any atom is -0.352 e. The molecule has 0 unspecified atom stereocenters. The summed E-state index contributed by atoms with van der Waals surface area (Å²) in [5.74, 6) is 1.54. The lowest BCUT2D eigenvalue weighted by molar-refractivity contribution is -0.119. The largest absolute Gasteiger partial charge is 0.352 e. The molecule has 1 fully saturated rings. The highest BCUT2D eigenvalue weighted by Gasteiger charge is 2.22. The van der Waals surface area contributed by atoms with Gasteiger partial charge in [-0.2, -0.15) is 4.98 Å². The van der Waals surface area contributed by atoms with Crippen molar-refractivity contribution in [2.24, 2.45) is 5.92 Å². The van der Waals surface area contributed by atoms with Crippen molar-refractivity contribution in [3.05, 3.63) is 18.5 Å². The molecule has 1 N–H and O–H groups in total. The first-order valence-corrected chi connectivity index (χ1v) is 8.30. The fourth-order valence-corrected chi connectivity index (χ4v) is 3.32. The minimum atomic E-state index is 0.0607. The SMILES string of the molecule is C[C@@H]1CCCC[C@@H]1NC(=O)CSc1nc2ncccn2n1. The number of hydrogen-bond acceptors (Lipinski definition) is 5. The number of fused-ring (bicyclic) bond motifs is 1. The van der Waals surface area contributed by atoms with Gasteiger partial charge >= 0.3 is 0 Å². The first-order chi connectivity index (χ1) is 10.2. The first-order valence-electron chi connectivity index (χ1n) is 7.32. The Labute approximate surface area is 127 Å². The minimum absolute atomic E-state index is 0.0607. The van der Waals surface area contributed by atoms with E-state index in [-0.39, 0.29) is 5.91 Å². The molecule has 1 saturated carbocycles. The van der Waals surface area contributed by atoms with Crippen LogP contribution in [0.5, 0.6) is 0 Å². The Morgan fingerprint density at radius 1 is 1.48 bits per heavy atom. The van der Waals surface area contributed by atoms with Crippen molar-refractivity contribution in [2.75, 3.05) is 5.75 Å². The third-order valence-electron chi connectivity index (χ3n) is 3.89. The number of nitrogens with zero attached hydrogens (tertiary/aromatic N) is 4. The van der Waals surface area contributed by atoms with Gasteiger partial charge in [-0.25, -0.2) is 9.50 Å². The highest BCUT2D eigenvalue weighted by atomic mass is 32.2. The molecule has 1 aliphatic carbocycles. The van der Waals surface area contributed by atoms with Gasteiger partial charge in [0.1, 0.15) is 0 Å². The van der Waals surface area contributed by atoms with E-state index in [9.17, 15) is 4.79 Å². The van der Waals surface area contributed by atoms with Gasteiger partial charge in [0.2, 0.25) is 11.1 Å². The van der Waals surface area contributed by atoms with Crippen molar-refractivity contribution in [3.63, 3.8) is 0 Å². The van der Waals surface area contributed by atoms with Crippen LogP contribution < -0.4 is 5.32 Å². The molecule has 2 aromatic heterocycles. The summed E-state index contributed by atoms with van der Waals surface area (Å²) in [6.07, 6.45) is 8.26. The fraction of sp³-hybridized carbons (Fsp3) is 0.571. The van der Waals surface area contributed by atoms with Crippen LogP contribution in [-0.4, -0.2) is 37.3 Å². The number of hydrogen-bond donors (Lipinski definition) is 1. The lowest BCUT2D eigenvalue weighted by Crippen LogP contribution is -2.41. The van der Waals surface area contributed by atoms with Crippen LogP contribution in [0, 0.1) is 5.92 Å². The normalized spacial score (nSPS) is 22.3. The van der Waals surface area contributed by atoms with Crippen LogP contribution in [0.25, 0.3) is 5.78 Å².